The molecule has 10 heteroatoms. The second-order valence-corrected chi connectivity index (χ2v) is 9.35. The Kier molecular flexibility index (Phi) is 7.74. The van der Waals surface area contributed by atoms with E-state index in [1.54, 1.807) is 12.4 Å². The lowest BCUT2D eigenvalue weighted by Crippen LogP contribution is -2.26. The minimum atomic E-state index is -0.482. The minimum absolute atomic E-state index is 0.187. The maximum atomic E-state index is 13.2. The molecule has 3 aromatic heterocycles. The van der Waals surface area contributed by atoms with E-state index in [-0.39, 0.29) is 35.9 Å². The minimum Gasteiger partial charge on any atom is -0.394 e. The summed E-state index contributed by atoms with van der Waals surface area (Å²) in [6, 6.07) is 20.7. The van der Waals surface area contributed by atoms with Crippen LogP contribution in [0, 0.1) is 0 Å². The fourth-order valence-electron chi connectivity index (χ4n) is 4.21. The average Bonchev–Trinajstić information content (AvgIpc) is 3.39. The highest BCUT2D eigenvalue weighted by Crippen LogP contribution is 2.25. The topological polar surface area (TPSA) is 130 Å². The number of rotatable bonds is 10. The van der Waals surface area contributed by atoms with Crippen molar-refractivity contribution in [3.8, 4) is 0 Å². The molecule has 0 aliphatic rings. The number of carbonyl (C=O) groups excluding carboxylic acids is 1. The van der Waals surface area contributed by atoms with E-state index in [0.717, 1.165) is 22.0 Å². The zero-order chi connectivity index (χ0) is 27.2. The standard InChI is InChI=1S/C29H30N8O2/c1-19(2)37-25-13-26(30-15-22(25)16-33-37)35-29-32-17-23(28(39)31-14-20-9-5-3-6-10-20)27(36-29)34-24(18-38)21-11-7-4-8-12-21/h3-13,15-17,19,24,38H,14,18H2,1-2H3,(H,31,39)(H2,30,32,34,35,36)/t24-/m1/s1. The van der Waals surface area contributed by atoms with Crippen molar-refractivity contribution < 1.29 is 9.90 Å². The monoisotopic (exact) mass is 522 g/mol. The maximum Gasteiger partial charge on any atom is 0.256 e. The number of aliphatic hydroxyl groups excluding tert-OH is 1. The Hall–Kier alpha value is -4.83. The molecule has 0 spiro atoms. The first-order chi connectivity index (χ1) is 19.0. The molecule has 0 saturated carbocycles. The van der Waals surface area contributed by atoms with Crippen LogP contribution in [0.25, 0.3) is 10.9 Å². The van der Waals surface area contributed by atoms with Crippen molar-refractivity contribution in [1.29, 1.82) is 0 Å². The van der Waals surface area contributed by atoms with Gasteiger partial charge in [-0.2, -0.15) is 10.1 Å². The van der Waals surface area contributed by atoms with Crippen LogP contribution in [0.2, 0.25) is 0 Å². The predicted octanol–water partition coefficient (Wildman–Crippen LogP) is 4.62. The van der Waals surface area contributed by atoms with E-state index in [1.165, 1.54) is 6.20 Å². The van der Waals surface area contributed by atoms with E-state index in [2.05, 4.69) is 49.8 Å². The van der Waals surface area contributed by atoms with Gasteiger partial charge in [0.1, 0.15) is 17.2 Å². The molecule has 0 radical (unpaired) electrons. The van der Waals surface area contributed by atoms with Crippen LogP contribution in [0.5, 0.6) is 0 Å². The number of nitrogens with zero attached hydrogens (tertiary/aromatic N) is 5. The Morgan fingerprint density at radius 1 is 0.974 bits per heavy atom. The molecule has 5 rings (SSSR count). The van der Waals surface area contributed by atoms with E-state index >= 15 is 0 Å². The van der Waals surface area contributed by atoms with Gasteiger partial charge < -0.3 is 21.1 Å². The van der Waals surface area contributed by atoms with Gasteiger partial charge in [0, 0.05) is 36.4 Å². The molecule has 0 aliphatic heterocycles. The van der Waals surface area contributed by atoms with Gasteiger partial charge in [0.05, 0.1) is 24.4 Å². The van der Waals surface area contributed by atoms with Crippen LogP contribution in [0.1, 0.15) is 47.4 Å². The first kappa shape index (κ1) is 25.8. The van der Waals surface area contributed by atoms with Gasteiger partial charge >= 0.3 is 0 Å². The summed E-state index contributed by atoms with van der Waals surface area (Å²) in [6.45, 7) is 4.29. The number of hydrogen-bond donors (Lipinski definition) is 4. The molecule has 39 heavy (non-hydrogen) atoms. The molecule has 2 aromatic carbocycles. The Morgan fingerprint density at radius 3 is 2.44 bits per heavy atom. The molecule has 10 nitrogen and oxygen atoms in total. The number of aromatic nitrogens is 5. The highest BCUT2D eigenvalue weighted by atomic mass is 16.3. The quantitative estimate of drug-likeness (QED) is 0.209. The van der Waals surface area contributed by atoms with Gasteiger partial charge in [-0.15, -0.1) is 0 Å². The summed E-state index contributed by atoms with van der Waals surface area (Å²) >= 11 is 0. The van der Waals surface area contributed by atoms with Crippen LogP contribution in [0.3, 0.4) is 0 Å². The van der Waals surface area contributed by atoms with E-state index in [9.17, 15) is 9.90 Å². The number of hydrogen-bond acceptors (Lipinski definition) is 8. The fourth-order valence-corrected chi connectivity index (χ4v) is 4.21. The van der Waals surface area contributed by atoms with Crippen molar-refractivity contribution in [3.63, 3.8) is 0 Å². The van der Waals surface area contributed by atoms with Crippen LogP contribution in [0.4, 0.5) is 17.6 Å². The van der Waals surface area contributed by atoms with Crippen LogP contribution in [0.15, 0.2) is 85.3 Å². The van der Waals surface area contributed by atoms with Gasteiger partial charge in [0.15, 0.2) is 0 Å². The van der Waals surface area contributed by atoms with Gasteiger partial charge in [-0.25, -0.2) is 9.97 Å². The molecule has 0 aliphatic carbocycles. The summed E-state index contributed by atoms with van der Waals surface area (Å²) in [7, 11) is 0. The molecule has 5 aromatic rings. The number of nitrogens with one attached hydrogen (secondary N) is 3. The number of pyridine rings is 1. The highest BCUT2D eigenvalue weighted by molar-refractivity contribution is 5.98. The SMILES string of the molecule is CC(C)n1ncc2cnc(Nc3ncc(C(=O)NCc4ccccc4)c(N[C@H](CO)c4ccccc4)n3)cc21. The molecule has 3 heterocycles. The van der Waals surface area contributed by atoms with E-state index in [1.807, 2.05) is 71.4 Å². The summed E-state index contributed by atoms with van der Waals surface area (Å²) in [6.07, 6.45) is 4.99. The number of aliphatic hydroxyl groups is 1. The Labute approximate surface area is 226 Å². The van der Waals surface area contributed by atoms with Gasteiger partial charge in [-0.1, -0.05) is 60.7 Å². The molecule has 1 atom stereocenters. The highest BCUT2D eigenvalue weighted by Gasteiger charge is 2.19. The molecule has 0 fully saturated rings. The summed E-state index contributed by atoms with van der Waals surface area (Å²) in [4.78, 5) is 26.7. The van der Waals surface area contributed by atoms with Crippen LogP contribution < -0.4 is 16.0 Å². The number of benzene rings is 2. The first-order valence-corrected chi connectivity index (χ1v) is 12.7. The van der Waals surface area contributed by atoms with Crippen molar-refractivity contribution in [2.75, 3.05) is 17.2 Å². The average molecular weight is 523 g/mol. The normalized spacial score (nSPS) is 11.9. The predicted molar refractivity (Wildman–Crippen MR) is 151 cm³/mol. The van der Waals surface area contributed by atoms with Crippen molar-refractivity contribution in [2.24, 2.45) is 0 Å². The summed E-state index contributed by atoms with van der Waals surface area (Å²) < 4.78 is 1.92. The van der Waals surface area contributed by atoms with Gasteiger partial charge in [-0.3, -0.25) is 9.48 Å². The zero-order valence-electron chi connectivity index (χ0n) is 21.7. The van der Waals surface area contributed by atoms with Gasteiger partial charge in [-0.05, 0) is 25.0 Å². The third-order valence-corrected chi connectivity index (χ3v) is 6.23. The van der Waals surface area contributed by atoms with Crippen LogP contribution in [-0.2, 0) is 6.54 Å². The van der Waals surface area contributed by atoms with Crippen molar-refractivity contribution >= 4 is 34.4 Å². The third-order valence-electron chi connectivity index (χ3n) is 6.23. The van der Waals surface area contributed by atoms with Crippen molar-refractivity contribution in [2.45, 2.75) is 32.5 Å². The fraction of sp³-hybridized carbons (Fsp3) is 0.207. The second kappa shape index (κ2) is 11.7. The smallest absolute Gasteiger partial charge is 0.256 e. The molecule has 4 N–H and O–H groups in total. The molecular weight excluding hydrogens is 492 g/mol. The molecule has 0 unspecified atom stereocenters. The van der Waals surface area contributed by atoms with E-state index in [0.29, 0.717) is 12.4 Å². The summed E-state index contributed by atoms with van der Waals surface area (Å²) in [5.41, 5.74) is 3.02. The zero-order valence-corrected chi connectivity index (χ0v) is 21.7. The lowest BCUT2D eigenvalue weighted by molar-refractivity contribution is 0.0951. The second-order valence-electron chi connectivity index (χ2n) is 9.35. The molecule has 1 amide bonds. The first-order valence-electron chi connectivity index (χ1n) is 12.7. The summed E-state index contributed by atoms with van der Waals surface area (Å²) in [5.74, 6) is 0.746. The van der Waals surface area contributed by atoms with Crippen LogP contribution in [-0.4, -0.2) is 42.4 Å². The third kappa shape index (κ3) is 6.02. The Balaban J connectivity index is 1.44. The number of anilines is 3. The van der Waals surface area contributed by atoms with Crippen molar-refractivity contribution in [1.82, 2.24) is 30.0 Å². The Morgan fingerprint density at radius 2 is 1.72 bits per heavy atom. The lowest BCUT2D eigenvalue weighted by atomic mass is 10.1. The van der Waals surface area contributed by atoms with Gasteiger partial charge in [0.2, 0.25) is 5.95 Å². The molecule has 198 valence electrons. The lowest BCUT2D eigenvalue weighted by Gasteiger charge is -2.20. The Bertz CT molecular complexity index is 1550. The molecule has 0 saturated heterocycles. The number of amides is 1. The molecule has 0 bridgehead atoms. The number of fused-ring (bicyclic) bond motifs is 1. The number of carbonyl (C=O) groups is 1. The molecular formula is C29H30N8O2. The van der Waals surface area contributed by atoms with Crippen molar-refractivity contribution in [3.05, 3.63) is 102 Å². The van der Waals surface area contributed by atoms with Gasteiger partial charge in [0.25, 0.3) is 5.91 Å². The summed E-state index contributed by atoms with van der Waals surface area (Å²) in [5, 5.41) is 24.8. The largest absolute Gasteiger partial charge is 0.394 e. The van der Waals surface area contributed by atoms with E-state index < -0.39 is 6.04 Å². The van der Waals surface area contributed by atoms with Crippen LogP contribution >= 0.6 is 0 Å². The maximum absolute atomic E-state index is 13.2. The van der Waals surface area contributed by atoms with E-state index in [4.69, 9.17) is 0 Å².